The molecule has 0 saturated carbocycles. The van der Waals surface area contributed by atoms with Gasteiger partial charge in [-0.25, -0.2) is 0 Å². The van der Waals surface area contributed by atoms with Crippen molar-refractivity contribution in [3.63, 3.8) is 0 Å². The molecule has 3 rings (SSSR count). The second-order valence-corrected chi connectivity index (χ2v) is 7.31. The van der Waals surface area contributed by atoms with Crippen LogP contribution in [-0.4, -0.2) is 49.8 Å². The molecule has 6 nitrogen and oxygen atoms in total. The minimum absolute atomic E-state index is 0.00601. The maximum Gasteiger partial charge on any atom is 0.240 e. The minimum Gasteiger partial charge on any atom is -0.493 e. The molecule has 1 heterocycles. The number of thioether (sulfide) groups is 1. The number of amides is 2. The number of benzene rings is 2. The third-order valence-electron chi connectivity index (χ3n) is 4.55. The largest absolute Gasteiger partial charge is 0.493 e. The van der Waals surface area contributed by atoms with E-state index in [9.17, 15) is 9.59 Å². The Morgan fingerprint density at radius 1 is 1.10 bits per heavy atom. The quantitative estimate of drug-likeness (QED) is 0.722. The first-order valence-electron chi connectivity index (χ1n) is 9.27. The molecule has 0 fully saturated rings. The number of carbonyl (C=O) groups is 2. The van der Waals surface area contributed by atoms with Gasteiger partial charge in [-0.15, -0.1) is 11.8 Å². The summed E-state index contributed by atoms with van der Waals surface area (Å²) in [4.78, 5) is 26.4. The fraction of sp³-hybridized carbons (Fsp3) is 0.273. The van der Waals surface area contributed by atoms with Gasteiger partial charge in [-0.2, -0.15) is 0 Å². The van der Waals surface area contributed by atoms with Gasteiger partial charge in [0.15, 0.2) is 11.5 Å². The van der Waals surface area contributed by atoms with Crippen molar-refractivity contribution in [3.8, 4) is 11.5 Å². The Labute approximate surface area is 174 Å². The molecule has 29 heavy (non-hydrogen) atoms. The monoisotopic (exact) mass is 412 g/mol. The molecule has 0 radical (unpaired) electrons. The smallest absolute Gasteiger partial charge is 0.240 e. The maximum absolute atomic E-state index is 12.5. The zero-order valence-electron chi connectivity index (χ0n) is 16.5. The van der Waals surface area contributed by atoms with Crippen LogP contribution in [0.1, 0.15) is 11.1 Å². The van der Waals surface area contributed by atoms with Crippen LogP contribution < -0.4 is 14.8 Å². The zero-order chi connectivity index (χ0) is 20.6. The number of carbonyl (C=O) groups excluding carboxylic acids is 2. The third-order valence-corrected chi connectivity index (χ3v) is 5.35. The van der Waals surface area contributed by atoms with Gasteiger partial charge in [0.2, 0.25) is 11.8 Å². The van der Waals surface area contributed by atoms with Gasteiger partial charge in [0, 0.05) is 6.54 Å². The lowest BCUT2D eigenvalue weighted by Crippen LogP contribution is -2.42. The van der Waals surface area contributed by atoms with Crippen molar-refractivity contribution in [2.45, 2.75) is 6.42 Å². The fourth-order valence-electron chi connectivity index (χ4n) is 3.06. The summed E-state index contributed by atoms with van der Waals surface area (Å²) in [5, 5.41) is 4.84. The van der Waals surface area contributed by atoms with E-state index in [0.717, 1.165) is 16.8 Å². The topological polar surface area (TPSA) is 67.9 Å². The molecule has 0 aliphatic carbocycles. The number of nitrogens with one attached hydrogen (secondary N) is 1. The number of hydrogen-bond acceptors (Lipinski definition) is 5. The molecule has 0 spiro atoms. The van der Waals surface area contributed by atoms with Gasteiger partial charge in [0.25, 0.3) is 0 Å². The van der Waals surface area contributed by atoms with Gasteiger partial charge in [-0.1, -0.05) is 36.4 Å². The van der Waals surface area contributed by atoms with Crippen LogP contribution in [0, 0.1) is 0 Å². The van der Waals surface area contributed by atoms with Crippen LogP contribution in [0.25, 0.3) is 5.70 Å². The van der Waals surface area contributed by atoms with Crippen LogP contribution in [0.3, 0.4) is 0 Å². The highest BCUT2D eigenvalue weighted by Crippen LogP contribution is 2.28. The minimum atomic E-state index is -0.187. The Hall–Kier alpha value is -2.93. The molecule has 0 atom stereocenters. The normalized spacial score (nSPS) is 13.7. The van der Waals surface area contributed by atoms with Crippen LogP contribution in [0.5, 0.6) is 11.5 Å². The van der Waals surface area contributed by atoms with Crippen LogP contribution in [0.2, 0.25) is 0 Å². The molecule has 0 aromatic heterocycles. The van der Waals surface area contributed by atoms with Crippen LogP contribution in [0.15, 0.2) is 53.9 Å². The summed E-state index contributed by atoms with van der Waals surface area (Å²) in [7, 11) is 3.19. The molecule has 2 amide bonds. The summed E-state index contributed by atoms with van der Waals surface area (Å²) in [6.45, 7) is 0.474. The second kappa shape index (κ2) is 10.0. The van der Waals surface area contributed by atoms with Crippen molar-refractivity contribution < 1.29 is 19.1 Å². The van der Waals surface area contributed by atoms with Crippen LogP contribution in [-0.2, 0) is 16.0 Å². The third kappa shape index (κ3) is 5.32. The molecule has 0 saturated heterocycles. The van der Waals surface area contributed by atoms with E-state index in [0.29, 0.717) is 30.2 Å². The van der Waals surface area contributed by atoms with Crippen molar-refractivity contribution in [1.82, 2.24) is 10.2 Å². The number of ether oxygens (including phenoxy) is 2. The Balaban J connectivity index is 1.58. The van der Waals surface area contributed by atoms with Crippen molar-refractivity contribution in [2.24, 2.45) is 0 Å². The predicted octanol–water partition coefficient (Wildman–Crippen LogP) is 2.94. The predicted molar refractivity (Wildman–Crippen MR) is 115 cm³/mol. The summed E-state index contributed by atoms with van der Waals surface area (Å²) >= 11 is 1.45. The molecular weight excluding hydrogens is 388 g/mol. The van der Waals surface area contributed by atoms with E-state index in [-0.39, 0.29) is 18.4 Å². The van der Waals surface area contributed by atoms with Crippen molar-refractivity contribution in [1.29, 1.82) is 0 Å². The first kappa shape index (κ1) is 20.8. The first-order valence-corrected chi connectivity index (χ1v) is 10.3. The van der Waals surface area contributed by atoms with E-state index < -0.39 is 0 Å². The average Bonchev–Trinajstić information content (AvgIpc) is 2.75. The van der Waals surface area contributed by atoms with Crippen molar-refractivity contribution in [2.75, 3.05) is 33.1 Å². The summed E-state index contributed by atoms with van der Waals surface area (Å²) in [5.74, 6) is 1.42. The maximum atomic E-state index is 12.5. The average molecular weight is 413 g/mol. The fourth-order valence-corrected chi connectivity index (χ4v) is 3.86. The van der Waals surface area contributed by atoms with Crippen LogP contribution in [0.4, 0.5) is 0 Å². The SMILES string of the molecule is COc1ccc(CCNC(=O)CN2C(=O)CSC=C2c2ccccc2)cc1OC. The van der Waals surface area contributed by atoms with E-state index in [1.165, 1.54) is 11.8 Å². The highest BCUT2D eigenvalue weighted by molar-refractivity contribution is 8.03. The highest BCUT2D eigenvalue weighted by Gasteiger charge is 2.25. The van der Waals surface area contributed by atoms with Gasteiger partial charge >= 0.3 is 0 Å². The molecule has 1 aliphatic rings. The first-order chi connectivity index (χ1) is 14.1. The van der Waals surface area contributed by atoms with E-state index >= 15 is 0 Å². The van der Waals surface area contributed by atoms with Crippen molar-refractivity contribution >= 4 is 29.3 Å². The summed E-state index contributed by atoms with van der Waals surface area (Å²) in [6, 6.07) is 15.3. The number of nitrogens with zero attached hydrogens (tertiary/aromatic N) is 1. The second-order valence-electron chi connectivity index (χ2n) is 6.45. The molecule has 2 aromatic carbocycles. The summed E-state index contributed by atoms with van der Waals surface area (Å²) in [5.41, 5.74) is 2.71. The van der Waals surface area contributed by atoms with E-state index in [2.05, 4.69) is 5.32 Å². The van der Waals surface area contributed by atoms with Gasteiger partial charge < -0.3 is 19.7 Å². The van der Waals surface area contributed by atoms with E-state index in [4.69, 9.17) is 9.47 Å². The van der Waals surface area contributed by atoms with Gasteiger partial charge in [-0.05, 0) is 35.1 Å². The van der Waals surface area contributed by atoms with Gasteiger partial charge in [0.1, 0.15) is 6.54 Å². The molecule has 1 aliphatic heterocycles. The Morgan fingerprint density at radius 2 is 1.86 bits per heavy atom. The highest BCUT2D eigenvalue weighted by atomic mass is 32.2. The lowest BCUT2D eigenvalue weighted by molar-refractivity contribution is -0.131. The lowest BCUT2D eigenvalue weighted by Gasteiger charge is -2.28. The molecule has 0 bridgehead atoms. The molecule has 7 heteroatoms. The molecule has 0 unspecified atom stereocenters. The standard InChI is InChI=1S/C22H24N2O4S/c1-27-19-9-8-16(12-20(19)28-2)10-11-23-21(25)13-24-18(14-29-15-22(24)26)17-6-4-3-5-7-17/h3-9,12,14H,10-11,13,15H2,1-2H3,(H,23,25). The molecule has 1 N–H and O–H groups in total. The Morgan fingerprint density at radius 3 is 2.59 bits per heavy atom. The van der Waals surface area contributed by atoms with Crippen molar-refractivity contribution in [3.05, 3.63) is 65.1 Å². The Bertz CT molecular complexity index is 899. The molecule has 152 valence electrons. The van der Waals surface area contributed by atoms with Gasteiger partial charge in [-0.3, -0.25) is 9.59 Å². The van der Waals surface area contributed by atoms with E-state index in [1.807, 2.05) is 53.9 Å². The van der Waals surface area contributed by atoms with Gasteiger partial charge in [0.05, 0.1) is 25.7 Å². The summed E-state index contributed by atoms with van der Waals surface area (Å²) < 4.78 is 10.5. The number of rotatable bonds is 8. The van der Waals surface area contributed by atoms with Crippen LogP contribution >= 0.6 is 11.8 Å². The zero-order valence-corrected chi connectivity index (χ0v) is 17.3. The summed E-state index contributed by atoms with van der Waals surface area (Å²) in [6.07, 6.45) is 0.650. The lowest BCUT2D eigenvalue weighted by atomic mass is 10.1. The van der Waals surface area contributed by atoms with E-state index in [1.54, 1.807) is 19.1 Å². The Kier molecular flexibility index (Phi) is 7.19. The molecular formula is C22H24N2O4S. The molecule has 2 aromatic rings. The number of hydrogen-bond donors (Lipinski definition) is 1. The number of methoxy groups -OCH3 is 2.